The molecule has 0 heterocycles. The third-order valence-corrected chi connectivity index (χ3v) is 3.04. The smallest absolute Gasteiger partial charge is 0.00664 e. The molecule has 66 valence electrons. The van der Waals surface area contributed by atoms with Crippen LogP contribution in [0.5, 0.6) is 0 Å². The van der Waals surface area contributed by atoms with Gasteiger partial charge in [0.05, 0.1) is 0 Å². The van der Waals surface area contributed by atoms with Gasteiger partial charge in [-0.25, -0.2) is 0 Å². The number of rotatable bonds is 3. The summed E-state index contributed by atoms with van der Waals surface area (Å²) in [5.41, 5.74) is 1.42. The summed E-state index contributed by atoms with van der Waals surface area (Å²) in [7, 11) is 0. The van der Waals surface area contributed by atoms with Gasteiger partial charge in [0, 0.05) is 0 Å². The molecule has 0 aromatic heterocycles. The first-order valence-corrected chi connectivity index (χ1v) is 5.04. The van der Waals surface area contributed by atoms with Crippen molar-refractivity contribution in [2.24, 2.45) is 5.92 Å². The maximum atomic E-state index is 4.31. The van der Waals surface area contributed by atoms with Gasteiger partial charge in [-0.2, -0.15) is 12.6 Å². The average molecular weight is 180 g/mol. The summed E-state index contributed by atoms with van der Waals surface area (Å²) in [5, 5.41) is 0. The van der Waals surface area contributed by atoms with Gasteiger partial charge in [-0.3, -0.25) is 0 Å². The van der Waals surface area contributed by atoms with E-state index in [-0.39, 0.29) is 0 Å². The second-order valence-electron chi connectivity index (χ2n) is 3.36. The minimum Gasteiger partial charge on any atom is -0.179 e. The van der Waals surface area contributed by atoms with E-state index < -0.39 is 0 Å². The summed E-state index contributed by atoms with van der Waals surface area (Å²) in [4.78, 5) is 0. The molecule has 0 radical (unpaired) electrons. The Kier molecular flexibility index (Phi) is 3.67. The van der Waals surface area contributed by atoms with Crippen LogP contribution in [-0.2, 0) is 0 Å². The van der Waals surface area contributed by atoms with Crippen LogP contribution in [0.3, 0.4) is 0 Å². The molecule has 0 saturated heterocycles. The van der Waals surface area contributed by atoms with Crippen LogP contribution in [0.4, 0.5) is 0 Å². The molecule has 0 saturated carbocycles. The molecule has 1 heteroatoms. The second kappa shape index (κ2) is 4.56. The molecular weight excluding hydrogens is 164 g/mol. The van der Waals surface area contributed by atoms with Crippen LogP contribution < -0.4 is 0 Å². The van der Waals surface area contributed by atoms with Crippen LogP contribution >= 0.6 is 12.6 Å². The Hall–Kier alpha value is -0.430. The predicted octanol–water partition coefficient (Wildman–Crippen LogP) is 3.36. The highest BCUT2D eigenvalue weighted by Crippen LogP contribution is 2.24. The van der Waals surface area contributed by atoms with Crippen molar-refractivity contribution >= 4 is 12.6 Å². The molecule has 0 aliphatic heterocycles. The van der Waals surface area contributed by atoms with Gasteiger partial charge in [0.25, 0.3) is 0 Å². The molecular formula is C11H16S. The molecule has 12 heavy (non-hydrogen) atoms. The van der Waals surface area contributed by atoms with E-state index in [0.29, 0.717) is 11.8 Å². The van der Waals surface area contributed by atoms with Gasteiger partial charge in [0.1, 0.15) is 0 Å². The standard InChI is InChI=1S/C11H16S/c1-9(8-12)10(2)11-6-4-3-5-7-11/h3-7,9-10,12H,8H2,1-2H3. The van der Waals surface area contributed by atoms with Crippen LogP contribution in [0.15, 0.2) is 30.3 Å². The van der Waals surface area contributed by atoms with Crippen molar-refractivity contribution in [1.82, 2.24) is 0 Å². The van der Waals surface area contributed by atoms with Crippen molar-refractivity contribution in [2.75, 3.05) is 5.75 Å². The van der Waals surface area contributed by atoms with Crippen LogP contribution in [-0.4, -0.2) is 5.75 Å². The lowest BCUT2D eigenvalue weighted by Crippen LogP contribution is -2.07. The largest absolute Gasteiger partial charge is 0.179 e. The van der Waals surface area contributed by atoms with Crippen LogP contribution in [0.2, 0.25) is 0 Å². The molecule has 0 aliphatic carbocycles. The SMILES string of the molecule is CC(CS)C(C)c1ccccc1. The Morgan fingerprint density at radius 1 is 1.17 bits per heavy atom. The molecule has 0 N–H and O–H groups in total. The summed E-state index contributed by atoms with van der Waals surface area (Å²) in [5.74, 6) is 2.22. The zero-order valence-corrected chi connectivity index (χ0v) is 8.59. The normalized spacial score (nSPS) is 15.6. The molecule has 0 amide bonds. The Morgan fingerprint density at radius 3 is 2.25 bits per heavy atom. The first-order chi connectivity index (χ1) is 5.75. The van der Waals surface area contributed by atoms with Crippen LogP contribution in [0.1, 0.15) is 25.3 Å². The Morgan fingerprint density at radius 2 is 1.75 bits per heavy atom. The highest BCUT2D eigenvalue weighted by Gasteiger charge is 2.11. The fraction of sp³-hybridized carbons (Fsp3) is 0.455. The summed E-state index contributed by atoms with van der Waals surface area (Å²) in [6, 6.07) is 10.6. The van der Waals surface area contributed by atoms with E-state index in [1.165, 1.54) is 5.56 Å². The van der Waals surface area contributed by atoms with Gasteiger partial charge in [-0.05, 0) is 23.2 Å². The molecule has 1 aromatic carbocycles. The molecule has 0 nitrogen and oxygen atoms in total. The highest BCUT2D eigenvalue weighted by atomic mass is 32.1. The number of hydrogen-bond acceptors (Lipinski definition) is 1. The van der Waals surface area contributed by atoms with Crippen molar-refractivity contribution < 1.29 is 0 Å². The van der Waals surface area contributed by atoms with Gasteiger partial charge in [-0.15, -0.1) is 0 Å². The van der Waals surface area contributed by atoms with Gasteiger partial charge in [0.2, 0.25) is 0 Å². The zero-order valence-electron chi connectivity index (χ0n) is 7.70. The molecule has 0 bridgehead atoms. The first-order valence-electron chi connectivity index (χ1n) is 4.41. The van der Waals surface area contributed by atoms with Crippen molar-refractivity contribution in [3.63, 3.8) is 0 Å². The molecule has 2 unspecified atom stereocenters. The quantitative estimate of drug-likeness (QED) is 0.677. The highest BCUT2D eigenvalue weighted by molar-refractivity contribution is 7.80. The van der Waals surface area contributed by atoms with E-state index in [9.17, 15) is 0 Å². The first kappa shape index (κ1) is 9.66. The van der Waals surface area contributed by atoms with Crippen LogP contribution in [0.25, 0.3) is 0 Å². The summed E-state index contributed by atoms with van der Waals surface area (Å²) < 4.78 is 0. The van der Waals surface area contributed by atoms with E-state index in [1.807, 2.05) is 0 Å². The van der Waals surface area contributed by atoms with E-state index in [0.717, 1.165) is 5.75 Å². The maximum absolute atomic E-state index is 4.31. The van der Waals surface area contributed by atoms with Gasteiger partial charge >= 0.3 is 0 Å². The van der Waals surface area contributed by atoms with E-state index in [2.05, 4.69) is 56.8 Å². The lowest BCUT2D eigenvalue weighted by atomic mass is 9.90. The topological polar surface area (TPSA) is 0 Å². The third kappa shape index (κ3) is 2.28. The molecule has 0 spiro atoms. The fourth-order valence-electron chi connectivity index (χ4n) is 1.24. The number of benzene rings is 1. The Balaban J connectivity index is 2.71. The summed E-state index contributed by atoms with van der Waals surface area (Å²) in [6.45, 7) is 4.50. The lowest BCUT2D eigenvalue weighted by molar-refractivity contribution is 0.545. The molecule has 0 aliphatic rings. The summed E-state index contributed by atoms with van der Waals surface area (Å²) >= 11 is 4.31. The van der Waals surface area contributed by atoms with Gasteiger partial charge < -0.3 is 0 Å². The predicted molar refractivity (Wildman–Crippen MR) is 57.9 cm³/mol. The molecule has 2 atom stereocenters. The van der Waals surface area contributed by atoms with Crippen molar-refractivity contribution in [3.05, 3.63) is 35.9 Å². The monoisotopic (exact) mass is 180 g/mol. The molecule has 1 rings (SSSR count). The van der Waals surface area contributed by atoms with E-state index in [4.69, 9.17) is 0 Å². The minimum absolute atomic E-state index is 0.615. The Labute approximate surface area is 80.4 Å². The van der Waals surface area contributed by atoms with Gasteiger partial charge in [0.15, 0.2) is 0 Å². The second-order valence-corrected chi connectivity index (χ2v) is 3.72. The molecule has 1 aromatic rings. The van der Waals surface area contributed by atoms with Gasteiger partial charge in [-0.1, -0.05) is 44.2 Å². The lowest BCUT2D eigenvalue weighted by Gasteiger charge is -2.17. The zero-order chi connectivity index (χ0) is 8.97. The van der Waals surface area contributed by atoms with Crippen molar-refractivity contribution in [1.29, 1.82) is 0 Å². The van der Waals surface area contributed by atoms with E-state index >= 15 is 0 Å². The number of hydrogen-bond donors (Lipinski definition) is 1. The Bertz CT molecular complexity index is 218. The van der Waals surface area contributed by atoms with Crippen LogP contribution in [0, 0.1) is 5.92 Å². The number of thiol groups is 1. The third-order valence-electron chi connectivity index (χ3n) is 2.47. The molecule has 0 fully saturated rings. The van der Waals surface area contributed by atoms with Crippen molar-refractivity contribution in [2.45, 2.75) is 19.8 Å². The summed E-state index contributed by atoms with van der Waals surface area (Å²) in [6.07, 6.45) is 0. The van der Waals surface area contributed by atoms with Crippen molar-refractivity contribution in [3.8, 4) is 0 Å². The minimum atomic E-state index is 0.615. The maximum Gasteiger partial charge on any atom is -0.00664 e. The van der Waals surface area contributed by atoms with E-state index in [1.54, 1.807) is 0 Å². The fourth-order valence-corrected chi connectivity index (χ4v) is 1.56. The average Bonchev–Trinajstić information content (AvgIpc) is 2.17.